The van der Waals surface area contributed by atoms with Gasteiger partial charge in [0.25, 0.3) is 17.7 Å². The first-order valence-electron chi connectivity index (χ1n) is 8.57. The maximum atomic E-state index is 12.8. The third kappa shape index (κ3) is 3.55. The minimum absolute atomic E-state index is 0.0862. The normalized spacial score (nSPS) is 12.5. The molecule has 2 aromatic carbocycles. The minimum Gasteiger partial charge on any atom is -0.452 e. The Bertz CT molecular complexity index is 996. The number of nitrogens with zero attached hydrogens (tertiary/aromatic N) is 1. The van der Waals surface area contributed by atoms with E-state index in [4.69, 9.17) is 4.74 Å². The summed E-state index contributed by atoms with van der Waals surface area (Å²) in [6.45, 7) is 5.09. The van der Waals surface area contributed by atoms with Gasteiger partial charge in [0.1, 0.15) is 0 Å². The van der Waals surface area contributed by atoms with E-state index in [-0.39, 0.29) is 23.2 Å². The number of hydrogen-bond acceptors (Lipinski definition) is 5. The fourth-order valence-corrected chi connectivity index (χ4v) is 2.85. The zero-order chi connectivity index (χ0) is 20.3. The van der Waals surface area contributed by atoms with Crippen molar-refractivity contribution in [3.63, 3.8) is 0 Å². The van der Waals surface area contributed by atoms with Gasteiger partial charge < -0.3 is 10.1 Å². The first-order chi connectivity index (χ1) is 13.4. The van der Waals surface area contributed by atoms with E-state index in [1.54, 1.807) is 25.1 Å². The van der Waals surface area contributed by atoms with Crippen molar-refractivity contribution in [3.8, 4) is 0 Å². The summed E-state index contributed by atoms with van der Waals surface area (Å²) in [6, 6.07) is 11.2. The standard InChI is InChI=1S/C21H18N2O5/c1-3-10-22-18(24)12-28-21(27)14-8-9-15-16(11-14)20(26)23(19(15)25)17-7-5-4-6-13(17)2/h3-9,11H,1,10,12H2,2H3,(H,22,24). The summed E-state index contributed by atoms with van der Waals surface area (Å²) >= 11 is 0. The number of nitrogens with one attached hydrogen (secondary N) is 1. The summed E-state index contributed by atoms with van der Waals surface area (Å²) in [7, 11) is 0. The maximum absolute atomic E-state index is 12.8. The predicted molar refractivity (Wildman–Crippen MR) is 102 cm³/mol. The van der Waals surface area contributed by atoms with Gasteiger partial charge in [0, 0.05) is 6.54 Å². The van der Waals surface area contributed by atoms with Gasteiger partial charge >= 0.3 is 5.97 Å². The van der Waals surface area contributed by atoms with Gasteiger partial charge in [-0.2, -0.15) is 0 Å². The summed E-state index contributed by atoms with van der Waals surface area (Å²) in [5.41, 5.74) is 1.70. The molecule has 0 radical (unpaired) electrons. The second kappa shape index (κ2) is 7.87. The number of aryl methyl sites for hydroxylation is 1. The van der Waals surface area contributed by atoms with Crippen LogP contribution in [0.25, 0.3) is 0 Å². The van der Waals surface area contributed by atoms with E-state index in [2.05, 4.69) is 11.9 Å². The molecule has 3 rings (SSSR count). The topological polar surface area (TPSA) is 92.8 Å². The number of imide groups is 1. The summed E-state index contributed by atoms with van der Waals surface area (Å²) in [4.78, 5) is 50.3. The first kappa shape index (κ1) is 19.0. The Balaban J connectivity index is 1.80. The molecule has 7 heteroatoms. The molecular formula is C21H18N2O5. The molecule has 1 aliphatic heterocycles. The van der Waals surface area contributed by atoms with Crippen LogP contribution in [0.15, 0.2) is 55.1 Å². The monoisotopic (exact) mass is 378 g/mol. The number of carbonyl (C=O) groups excluding carboxylic acids is 4. The molecule has 1 N–H and O–H groups in total. The van der Waals surface area contributed by atoms with E-state index >= 15 is 0 Å². The first-order valence-corrected chi connectivity index (χ1v) is 8.57. The van der Waals surface area contributed by atoms with Crippen LogP contribution in [0.5, 0.6) is 0 Å². The van der Waals surface area contributed by atoms with Crippen LogP contribution in [0.2, 0.25) is 0 Å². The number of rotatable bonds is 6. The molecule has 0 spiro atoms. The van der Waals surface area contributed by atoms with Crippen molar-refractivity contribution in [2.75, 3.05) is 18.1 Å². The molecule has 0 saturated carbocycles. The summed E-state index contributed by atoms with van der Waals surface area (Å²) in [5, 5.41) is 2.48. The van der Waals surface area contributed by atoms with Crippen molar-refractivity contribution < 1.29 is 23.9 Å². The van der Waals surface area contributed by atoms with Gasteiger partial charge in [-0.3, -0.25) is 14.4 Å². The van der Waals surface area contributed by atoms with Gasteiger partial charge in [-0.15, -0.1) is 6.58 Å². The van der Waals surface area contributed by atoms with Crippen molar-refractivity contribution in [1.82, 2.24) is 5.32 Å². The van der Waals surface area contributed by atoms with Crippen molar-refractivity contribution in [3.05, 3.63) is 77.4 Å². The second-order valence-corrected chi connectivity index (χ2v) is 6.16. The number of esters is 1. The molecule has 3 amide bonds. The molecule has 1 heterocycles. The number of fused-ring (bicyclic) bond motifs is 1. The number of ether oxygens (including phenoxy) is 1. The van der Waals surface area contributed by atoms with Crippen LogP contribution >= 0.6 is 0 Å². The van der Waals surface area contributed by atoms with E-state index in [0.717, 1.165) is 10.5 Å². The van der Waals surface area contributed by atoms with Crippen molar-refractivity contribution >= 4 is 29.4 Å². The van der Waals surface area contributed by atoms with Crippen LogP contribution in [-0.2, 0) is 9.53 Å². The average Bonchev–Trinajstić information content (AvgIpc) is 2.95. The Morgan fingerprint density at radius 1 is 1.11 bits per heavy atom. The highest BCUT2D eigenvalue weighted by molar-refractivity contribution is 6.34. The van der Waals surface area contributed by atoms with Gasteiger partial charge in [0.2, 0.25) is 0 Å². The largest absolute Gasteiger partial charge is 0.452 e. The molecule has 0 atom stereocenters. The minimum atomic E-state index is -0.758. The Morgan fingerprint density at radius 2 is 1.82 bits per heavy atom. The van der Waals surface area contributed by atoms with Crippen molar-refractivity contribution in [2.24, 2.45) is 0 Å². The predicted octanol–water partition coefficient (Wildman–Crippen LogP) is 2.25. The smallest absolute Gasteiger partial charge is 0.338 e. The van der Waals surface area contributed by atoms with Crippen LogP contribution < -0.4 is 10.2 Å². The maximum Gasteiger partial charge on any atom is 0.338 e. The molecule has 142 valence electrons. The highest BCUT2D eigenvalue weighted by Crippen LogP contribution is 2.31. The SMILES string of the molecule is C=CCNC(=O)COC(=O)c1ccc2c(c1)C(=O)N(c1ccccc1C)C2=O. The van der Waals surface area contributed by atoms with Crippen LogP contribution in [0.4, 0.5) is 5.69 Å². The zero-order valence-corrected chi connectivity index (χ0v) is 15.2. The highest BCUT2D eigenvalue weighted by atomic mass is 16.5. The van der Waals surface area contributed by atoms with E-state index in [9.17, 15) is 19.2 Å². The molecule has 7 nitrogen and oxygen atoms in total. The molecule has 0 bridgehead atoms. The Morgan fingerprint density at radius 3 is 2.54 bits per heavy atom. The lowest BCUT2D eigenvalue weighted by molar-refractivity contribution is -0.124. The Labute approximate surface area is 161 Å². The van der Waals surface area contributed by atoms with Crippen LogP contribution in [0, 0.1) is 6.92 Å². The van der Waals surface area contributed by atoms with Crippen LogP contribution in [0.1, 0.15) is 36.6 Å². The second-order valence-electron chi connectivity index (χ2n) is 6.16. The average molecular weight is 378 g/mol. The lowest BCUT2D eigenvalue weighted by atomic mass is 10.1. The summed E-state index contributed by atoms with van der Waals surface area (Å²) < 4.78 is 4.94. The third-order valence-electron chi connectivity index (χ3n) is 4.26. The van der Waals surface area contributed by atoms with E-state index in [0.29, 0.717) is 5.69 Å². The highest BCUT2D eigenvalue weighted by Gasteiger charge is 2.37. The molecule has 28 heavy (non-hydrogen) atoms. The fraction of sp³-hybridized carbons (Fsp3) is 0.143. The van der Waals surface area contributed by atoms with Crippen LogP contribution in [0.3, 0.4) is 0 Å². The molecule has 2 aromatic rings. The quantitative estimate of drug-likeness (QED) is 0.473. The Hall–Kier alpha value is -3.74. The molecule has 0 aliphatic carbocycles. The molecular weight excluding hydrogens is 360 g/mol. The van der Waals surface area contributed by atoms with Gasteiger partial charge in [0.15, 0.2) is 6.61 Å². The number of para-hydroxylation sites is 1. The molecule has 0 saturated heterocycles. The lowest BCUT2D eigenvalue weighted by Gasteiger charge is -2.16. The number of benzene rings is 2. The molecule has 0 aromatic heterocycles. The summed E-state index contributed by atoms with van der Waals surface area (Å²) in [6.07, 6.45) is 1.50. The fourth-order valence-electron chi connectivity index (χ4n) is 2.85. The van der Waals surface area contributed by atoms with Crippen molar-refractivity contribution in [1.29, 1.82) is 0 Å². The number of amides is 3. The third-order valence-corrected chi connectivity index (χ3v) is 4.26. The van der Waals surface area contributed by atoms with Gasteiger partial charge in [-0.1, -0.05) is 24.3 Å². The summed E-state index contributed by atoms with van der Waals surface area (Å²) in [5.74, 6) is -2.18. The molecule has 0 unspecified atom stereocenters. The molecule has 1 aliphatic rings. The van der Waals surface area contributed by atoms with E-state index < -0.39 is 30.3 Å². The zero-order valence-electron chi connectivity index (χ0n) is 15.2. The van der Waals surface area contributed by atoms with Gasteiger partial charge in [-0.25, -0.2) is 9.69 Å². The van der Waals surface area contributed by atoms with Gasteiger partial charge in [-0.05, 0) is 36.8 Å². The van der Waals surface area contributed by atoms with E-state index in [1.165, 1.54) is 24.3 Å². The lowest BCUT2D eigenvalue weighted by Crippen LogP contribution is -2.30. The molecule has 0 fully saturated rings. The number of anilines is 1. The van der Waals surface area contributed by atoms with Crippen molar-refractivity contribution in [2.45, 2.75) is 6.92 Å². The van der Waals surface area contributed by atoms with Crippen LogP contribution in [-0.4, -0.2) is 36.8 Å². The number of hydrogen-bond donors (Lipinski definition) is 1. The van der Waals surface area contributed by atoms with E-state index in [1.807, 2.05) is 6.07 Å². The van der Waals surface area contributed by atoms with Gasteiger partial charge in [0.05, 0.1) is 22.4 Å². The Kier molecular flexibility index (Phi) is 5.35. The number of carbonyl (C=O) groups is 4.